The van der Waals surface area contributed by atoms with Gasteiger partial charge in [0.15, 0.2) is 5.96 Å². The molecule has 0 aliphatic heterocycles. The van der Waals surface area contributed by atoms with Crippen LogP contribution in [0.1, 0.15) is 23.6 Å². The summed E-state index contributed by atoms with van der Waals surface area (Å²) in [6.45, 7) is 6.25. The summed E-state index contributed by atoms with van der Waals surface area (Å²) in [4.78, 5) is 4.56. The van der Waals surface area contributed by atoms with E-state index in [1.165, 1.54) is 11.1 Å². The van der Waals surface area contributed by atoms with E-state index in [2.05, 4.69) is 46.8 Å². The van der Waals surface area contributed by atoms with Crippen molar-refractivity contribution in [2.24, 2.45) is 4.99 Å². The second-order valence-electron chi connectivity index (χ2n) is 5.20. The van der Waals surface area contributed by atoms with Crippen LogP contribution in [0.3, 0.4) is 0 Å². The van der Waals surface area contributed by atoms with Gasteiger partial charge in [-0.25, -0.2) is 4.99 Å². The smallest absolute Gasteiger partial charge is 0.191 e. The Morgan fingerprint density at radius 1 is 0.955 bits per heavy atom. The summed E-state index contributed by atoms with van der Waals surface area (Å²) in [5.74, 6) is 1.06. The highest BCUT2D eigenvalue weighted by Crippen LogP contribution is 2.10. The van der Waals surface area contributed by atoms with Crippen LogP contribution >= 0.6 is 0 Å². The van der Waals surface area contributed by atoms with Gasteiger partial charge in [-0.1, -0.05) is 42.0 Å². The number of guanidine groups is 1. The Bertz CT molecular complexity index is 603. The normalized spacial score (nSPS) is 11.3. The van der Waals surface area contributed by atoms with Crippen molar-refractivity contribution in [3.05, 3.63) is 65.2 Å². The fourth-order valence-electron chi connectivity index (χ4n) is 2.01. The zero-order valence-electron chi connectivity index (χ0n) is 13.1. The van der Waals surface area contributed by atoms with Gasteiger partial charge in [0.25, 0.3) is 0 Å². The summed E-state index contributed by atoms with van der Waals surface area (Å²) >= 11 is 0. The van der Waals surface area contributed by atoms with Crippen LogP contribution in [-0.2, 0) is 13.1 Å². The van der Waals surface area contributed by atoms with Crippen molar-refractivity contribution in [3.8, 4) is 5.75 Å². The number of rotatable bonds is 5. The van der Waals surface area contributed by atoms with Gasteiger partial charge in [0.05, 0.1) is 6.54 Å². The van der Waals surface area contributed by atoms with Gasteiger partial charge in [-0.05, 0) is 37.1 Å². The van der Waals surface area contributed by atoms with Crippen LogP contribution in [0, 0.1) is 6.92 Å². The molecule has 0 aliphatic rings. The molecule has 3 N–H and O–H groups in total. The lowest BCUT2D eigenvalue weighted by molar-refractivity contribution is 0.475. The van der Waals surface area contributed by atoms with Gasteiger partial charge in [0.2, 0.25) is 0 Å². The molecule has 2 rings (SSSR count). The molecule has 0 bridgehead atoms. The first-order chi connectivity index (χ1) is 10.7. The predicted molar refractivity (Wildman–Crippen MR) is 90.9 cm³/mol. The second kappa shape index (κ2) is 8.08. The van der Waals surface area contributed by atoms with Gasteiger partial charge < -0.3 is 15.7 Å². The molecular weight excluding hydrogens is 274 g/mol. The molecule has 116 valence electrons. The highest BCUT2D eigenvalue weighted by molar-refractivity contribution is 5.79. The van der Waals surface area contributed by atoms with Gasteiger partial charge in [-0.3, -0.25) is 0 Å². The molecule has 4 nitrogen and oxygen atoms in total. The number of aromatic hydroxyl groups is 1. The fourth-order valence-corrected chi connectivity index (χ4v) is 2.01. The Morgan fingerprint density at radius 2 is 1.59 bits per heavy atom. The summed E-state index contributed by atoms with van der Waals surface area (Å²) in [6, 6.07) is 15.6. The summed E-state index contributed by atoms with van der Waals surface area (Å²) in [7, 11) is 0. The lowest BCUT2D eigenvalue weighted by Gasteiger charge is -2.11. The molecule has 0 aromatic heterocycles. The molecular formula is C18H23N3O. The highest BCUT2D eigenvalue weighted by atomic mass is 16.3. The van der Waals surface area contributed by atoms with Crippen molar-refractivity contribution in [3.63, 3.8) is 0 Å². The number of hydrogen-bond acceptors (Lipinski definition) is 2. The first-order valence-electron chi connectivity index (χ1n) is 7.53. The summed E-state index contributed by atoms with van der Waals surface area (Å²) in [6.07, 6.45) is 0. The molecule has 0 spiro atoms. The zero-order valence-corrected chi connectivity index (χ0v) is 13.1. The first-order valence-corrected chi connectivity index (χ1v) is 7.53. The summed E-state index contributed by atoms with van der Waals surface area (Å²) in [5.41, 5.74) is 3.54. The molecule has 0 atom stereocenters. The molecule has 0 radical (unpaired) electrons. The second-order valence-corrected chi connectivity index (χ2v) is 5.20. The third kappa shape index (κ3) is 5.13. The largest absolute Gasteiger partial charge is 0.508 e. The van der Waals surface area contributed by atoms with Crippen LogP contribution in [0.15, 0.2) is 53.5 Å². The van der Waals surface area contributed by atoms with E-state index in [0.29, 0.717) is 6.54 Å². The molecule has 4 heteroatoms. The number of phenolic OH excluding ortho intramolecular Hbond substituents is 1. The maximum Gasteiger partial charge on any atom is 0.191 e. The van der Waals surface area contributed by atoms with E-state index in [-0.39, 0.29) is 5.75 Å². The number of nitrogens with one attached hydrogen (secondary N) is 2. The molecule has 0 saturated heterocycles. The van der Waals surface area contributed by atoms with E-state index in [0.717, 1.165) is 24.6 Å². The molecule has 2 aromatic rings. The van der Waals surface area contributed by atoms with Gasteiger partial charge in [-0.15, -0.1) is 0 Å². The van der Waals surface area contributed by atoms with E-state index in [4.69, 9.17) is 0 Å². The zero-order chi connectivity index (χ0) is 15.8. The number of phenols is 1. The summed E-state index contributed by atoms with van der Waals surface area (Å²) in [5, 5.41) is 15.9. The minimum Gasteiger partial charge on any atom is -0.508 e. The molecule has 0 unspecified atom stereocenters. The Balaban J connectivity index is 1.94. The first kappa shape index (κ1) is 15.9. The van der Waals surface area contributed by atoms with E-state index >= 15 is 0 Å². The summed E-state index contributed by atoms with van der Waals surface area (Å²) < 4.78 is 0. The van der Waals surface area contributed by atoms with Crippen LogP contribution < -0.4 is 10.6 Å². The number of aryl methyl sites for hydroxylation is 1. The van der Waals surface area contributed by atoms with Gasteiger partial charge in [0, 0.05) is 13.1 Å². The fraction of sp³-hybridized carbons (Fsp3) is 0.278. The third-order valence-corrected chi connectivity index (χ3v) is 3.28. The van der Waals surface area contributed by atoms with Crippen molar-refractivity contribution < 1.29 is 5.11 Å². The number of aliphatic imine (C=N–C) groups is 1. The van der Waals surface area contributed by atoms with Crippen molar-refractivity contribution in [2.75, 3.05) is 6.54 Å². The van der Waals surface area contributed by atoms with Crippen molar-refractivity contribution in [1.82, 2.24) is 10.6 Å². The predicted octanol–water partition coefficient (Wildman–Crippen LogP) is 2.96. The molecule has 0 saturated carbocycles. The average Bonchev–Trinajstić information content (AvgIpc) is 2.53. The van der Waals surface area contributed by atoms with Crippen LogP contribution in [0.4, 0.5) is 0 Å². The SMILES string of the molecule is CCNC(=NCc1ccc(O)cc1)NCc1ccc(C)cc1. The molecule has 22 heavy (non-hydrogen) atoms. The van der Waals surface area contributed by atoms with Crippen molar-refractivity contribution in [2.45, 2.75) is 26.9 Å². The molecule has 2 aromatic carbocycles. The molecule has 0 heterocycles. The van der Waals surface area contributed by atoms with Crippen LogP contribution in [0.5, 0.6) is 5.75 Å². The Kier molecular flexibility index (Phi) is 5.83. The van der Waals surface area contributed by atoms with Crippen LogP contribution in [-0.4, -0.2) is 17.6 Å². The highest BCUT2D eigenvalue weighted by Gasteiger charge is 1.99. The number of benzene rings is 2. The van der Waals surface area contributed by atoms with Gasteiger partial charge in [0.1, 0.15) is 5.75 Å². The molecule has 0 aliphatic carbocycles. The minimum absolute atomic E-state index is 0.275. The number of hydrogen-bond donors (Lipinski definition) is 3. The minimum atomic E-state index is 0.275. The lowest BCUT2D eigenvalue weighted by Crippen LogP contribution is -2.36. The van der Waals surface area contributed by atoms with E-state index < -0.39 is 0 Å². The van der Waals surface area contributed by atoms with E-state index in [9.17, 15) is 5.11 Å². The lowest BCUT2D eigenvalue weighted by atomic mass is 10.1. The quantitative estimate of drug-likeness (QED) is 0.587. The standard InChI is InChI=1S/C18H23N3O/c1-3-19-18(20-12-15-6-4-14(2)5-7-15)21-13-16-8-10-17(22)11-9-16/h4-11,22H,3,12-13H2,1-2H3,(H2,19,20,21). The Morgan fingerprint density at radius 3 is 2.23 bits per heavy atom. The van der Waals surface area contributed by atoms with E-state index in [1.54, 1.807) is 12.1 Å². The van der Waals surface area contributed by atoms with Crippen LogP contribution in [0.2, 0.25) is 0 Å². The number of nitrogens with zero attached hydrogens (tertiary/aromatic N) is 1. The van der Waals surface area contributed by atoms with Crippen molar-refractivity contribution >= 4 is 5.96 Å². The van der Waals surface area contributed by atoms with Gasteiger partial charge in [-0.2, -0.15) is 0 Å². The van der Waals surface area contributed by atoms with E-state index in [1.807, 2.05) is 19.1 Å². The van der Waals surface area contributed by atoms with Gasteiger partial charge >= 0.3 is 0 Å². The maximum atomic E-state index is 9.29. The monoisotopic (exact) mass is 297 g/mol. The molecule has 0 amide bonds. The van der Waals surface area contributed by atoms with Crippen LogP contribution in [0.25, 0.3) is 0 Å². The van der Waals surface area contributed by atoms with Crippen molar-refractivity contribution in [1.29, 1.82) is 0 Å². The maximum absolute atomic E-state index is 9.29. The third-order valence-electron chi connectivity index (χ3n) is 3.28. The topological polar surface area (TPSA) is 56.7 Å². The average molecular weight is 297 g/mol. The Labute approximate surface area is 131 Å². The Hall–Kier alpha value is -2.49. The molecule has 0 fully saturated rings.